The first kappa shape index (κ1) is 13.0. The molecule has 0 atom stereocenters. The number of aromatic nitrogens is 3. The molecule has 102 valence electrons. The van der Waals surface area contributed by atoms with Gasteiger partial charge in [0.1, 0.15) is 5.01 Å². The number of rotatable bonds is 4. The summed E-state index contributed by atoms with van der Waals surface area (Å²) in [5, 5.41) is 17.2. The fraction of sp³-hybridized carbons (Fsp3) is 0.267. The summed E-state index contributed by atoms with van der Waals surface area (Å²) in [5.74, 6) is 0.819. The molecule has 0 spiro atoms. The molecule has 0 bridgehead atoms. The minimum Gasteiger partial charge on any atom is -0.362 e. The number of anilines is 1. The molecule has 20 heavy (non-hydrogen) atoms. The number of aryl methyl sites for hydroxylation is 2. The molecule has 0 unspecified atom stereocenters. The lowest BCUT2D eigenvalue weighted by Crippen LogP contribution is -2.04. The average molecular weight is 284 g/mol. The predicted molar refractivity (Wildman–Crippen MR) is 83.1 cm³/mol. The molecule has 3 rings (SSSR count). The van der Waals surface area contributed by atoms with Gasteiger partial charge < -0.3 is 5.32 Å². The summed E-state index contributed by atoms with van der Waals surface area (Å²) in [7, 11) is 0. The third-order valence-corrected chi connectivity index (χ3v) is 4.14. The zero-order valence-electron chi connectivity index (χ0n) is 11.6. The fourth-order valence-corrected chi connectivity index (χ4v) is 2.94. The van der Waals surface area contributed by atoms with Crippen LogP contribution in [0.4, 0.5) is 5.82 Å². The lowest BCUT2D eigenvalue weighted by molar-refractivity contribution is 0.966. The second kappa shape index (κ2) is 5.54. The van der Waals surface area contributed by atoms with Crippen LogP contribution in [0.3, 0.4) is 0 Å². The van der Waals surface area contributed by atoms with Crippen LogP contribution in [0.2, 0.25) is 0 Å². The first-order valence-corrected chi connectivity index (χ1v) is 7.55. The van der Waals surface area contributed by atoms with Gasteiger partial charge in [0.25, 0.3) is 0 Å². The summed E-state index contributed by atoms with van der Waals surface area (Å²) in [6.45, 7) is 4.78. The van der Waals surface area contributed by atoms with Gasteiger partial charge in [0.15, 0.2) is 5.82 Å². The molecule has 0 aliphatic heterocycles. The summed E-state index contributed by atoms with van der Waals surface area (Å²) < 4.78 is 0. The quantitative estimate of drug-likeness (QED) is 0.795. The zero-order chi connectivity index (χ0) is 13.9. The van der Waals surface area contributed by atoms with E-state index in [0.29, 0.717) is 6.54 Å². The molecule has 0 amide bonds. The number of benzene rings is 1. The standard InChI is InChI=1S/C15H16N4S/c1-3-11-9-20-14(17-11)8-16-15-13-7-5-4-6-12(13)10(2)18-19-15/h4-7,9H,3,8H2,1-2H3,(H,16,19). The molecule has 1 aromatic carbocycles. The molecule has 1 N–H and O–H groups in total. The molecule has 2 heterocycles. The van der Waals surface area contributed by atoms with Crippen molar-refractivity contribution in [3.63, 3.8) is 0 Å². The van der Waals surface area contributed by atoms with Gasteiger partial charge in [-0.25, -0.2) is 4.98 Å². The Labute approximate surface area is 121 Å². The number of nitrogens with one attached hydrogen (secondary N) is 1. The van der Waals surface area contributed by atoms with Crippen molar-refractivity contribution < 1.29 is 0 Å². The van der Waals surface area contributed by atoms with E-state index in [-0.39, 0.29) is 0 Å². The number of nitrogens with zero attached hydrogens (tertiary/aromatic N) is 3. The molecular formula is C15H16N4S. The number of hydrogen-bond donors (Lipinski definition) is 1. The minimum atomic E-state index is 0.687. The Hall–Kier alpha value is -2.01. The first-order valence-electron chi connectivity index (χ1n) is 6.67. The molecule has 3 aromatic rings. The average Bonchev–Trinajstić information content (AvgIpc) is 2.95. The second-order valence-corrected chi connectivity index (χ2v) is 5.56. The van der Waals surface area contributed by atoms with Gasteiger partial charge in [-0.3, -0.25) is 0 Å². The monoisotopic (exact) mass is 284 g/mol. The Morgan fingerprint density at radius 2 is 1.95 bits per heavy atom. The largest absolute Gasteiger partial charge is 0.362 e. The van der Waals surface area contributed by atoms with Gasteiger partial charge >= 0.3 is 0 Å². The maximum Gasteiger partial charge on any atom is 0.156 e. The van der Waals surface area contributed by atoms with Gasteiger partial charge in [0.2, 0.25) is 0 Å². The highest BCUT2D eigenvalue weighted by atomic mass is 32.1. The van der Waals surface area contributed by atoms with Crippen LogP contribution in [-0.2, 0) is 13.0 Å². The normalized spacial score (nSPS) is 10.9. The number of hydrogen-bond acceptors (Lipinski definition) is 5. The Morgan fingerprint density at radius 3 is 2.70 bits per heavy atom. The van der Waals surface area contributed by atoms with Gasteiger partial charge in [-0.15, -0.1) is 16.4 Å². The highest BCUT2D eigenvalue weighted by Crippen LogP contribution is 2.23. The smallest absolute Gasteiger partial charge is 0.156 e. The SMILES string of the molecule is CCc1csc(CNc2nnc(C)c3ccccc23)n1. The number of thiazole rings is 1. The molecule has 0 aliphatic rings. The van der Waals surface area contributed by atoms with Gasteiger partial charge in [-0.05, 0) is 13.3 Å². The van der Waals surface area contributed by atoms with Crippen molar-refractivity contribution in [3.8, 4) is 0 Å². The summed E-state index contributed by atoms with van der Waals surface area (Å²) in [5.41, 5.74) is 2.10. The van der Waals surface area contributed by atoms with E-state index < -0.39 is 0 Å². The van der Waals surface area contributed by atoms with Crippen LogP contribution in [0, 0.1) is 6.92 Å². The summed E-state index contributed by atoms with van der Waals surface area (Å²) in [6, 6.07) is 8.18. The molecular weight excluding hydrogens is 268 g/mol. The van der Waals surface area contributed by atoms with Crippen molar-refractivity contribution in [2.75, 3.05) is 5.32 Å². The van der Waals surface area contributed by atoms with Crippen molar-refractivity contribution in [1.82, 2.24) is 15.2 Å². The summed E-state index contributed by atoms with van der Waals surface area (Å²) in [6.07, 6.45) is 0.976. The van der Waals surface area contributed by atoms with E-state index >= 15 is 0 Å². The molecule has 0 saturated carbocycles. The van der Waals surface area contributed by atoms with Crippen LogP contribution in [0.1, 0.15) is 23.3 Å². The maximum atomic E-state index is 4.55. The lowest BCUT2D eigenvalue weighted by atomic mass is 10.1. The van der Waals surface area contributed by atoms with Crippen molar-refractivity contribution in [2.24, 2.45) is 0 Å². The van der Waals surface area contributed by atoms with Crippen molar-refractivity contribution >= 4 is 27.9 Å². The van der Waals surface area contributed by atoms with Crippen molar-refractivity contribution in [2.45, 2.75) is 26.8 Å². The maximum absolute atomic E-state index is 4.55. The van der Waals surface area contributed by atoms with Crippen LogP contribution >= 0.6 is 11.3 Å². The third-order valence-electron chi connectivity index (χ3n) is 3.24. The van der Waals surface area contributed by atoms with Crippen molar-refractivity contribution in [1.29, 1.82) is 0 Å². The Balaban J connectivity index is 1.86. The molecule has 5 heteroatoms. The molecule has 0 saturated heterocycles. The Kier molecular flexibility index (Phi) is 3.60. The topological polar surface area (TPSA) is 50.7 Å². The molecule has 0 aliphatic carbocycles. The summed E-state index contributed by atoms with van der Waals surface area (Å²) >= 11 is 1.68. The van der Waals surface area contributed by atoms with Gasteiger partial charge in [0.05, 0.1) is 17.9 Å². The lowest BCUT2D eigenvalue weighted by Gasteiger charge is -2.08. The zero-order valence-corrected chi connectivity index (χ0v) is 12.4. The van der Waals surface area contributed by atoms with Gasteiger partial charge in [-0.2, -0.15) is 5.10 Å². The highest BCUT2D eigenvalue weighted by Gasteiger charge is 2.07. The van der Waals surface area contributed by atoms with E-state index in [1.54, 1.807) is 11.3 Å². The van der Waals surface area contributed by atoms with Crippen LogP contribution in [0.5, 0.6) is 0 Å². The molecule has 0 radical (unpaired) electrons. The van der Waals surface area contributed by atoms with Gasteiger partial charge in [-0.1, -0.05) is 31.2 Å². The second-order valence-electron chi connectivity index (χ2n) is 4.62. The van der Waals surface area contributed by atoms with E-state index in [2.05, 4.69) is 44.9 Å². The van der Waals surface area contributed by atoms with Gasteiger partial charge in [0, 0.05) is 16.2 Å². The Bertz CT molecular complexity index is 736. The first-order chi connectivity index (χ1) is 9.78. The van der Waals surface area contributed by atoms with Crippen LogP contribution < -0.4 is 5.32 Å². The van der Waals surface area contributed by atoms with E-state index in [1.165, 1.54) is 0 Å². The van der Waals surface area contributed by atoms with Crippen LogP contribution in [0.15, 0.2) is 29.6 Å². The van der Waals surface area contributed by atoms with Crippen LogP contribution in [-0.4, -0.2) is 15.2 Å². The van der Waals surface area contributed by atoms with E-state index in [0.717, 1.165) is 39.4 Å². The minimum absolute atomic E-state index is 0.687. The Morgan fingerprint density at radius 1 is 1.15 bits per heavy atom. The van der Waals surface area contributed by atoms with E-state index in [4.69, 9.17) is 0 Å². The fourth-order valence-electron chi connectivity index (χ4n) is 2.12. The number of fused-ring (bicyclic) bond motifs is 1. The third kappa shape index (κ3) is 2.49. The van der Waals surface area contributed by atoms with Crippen molar-refractivity contribution in [3.05, 3.63) is 46.0 Å². The van der Waals surface area contributed by atoms with E-state index in [1.807, 2.05) is 19.1 Å². The van der Waals surface area contributed by atoms with Crippen LogP contribution in [0.25, 0.3) is 10.8 Å². The summed E-state index contributed by atoms with van der Waals surface area (Å²) in [4.78, 5) is 4.55. The highest BCUT2D eigenvalue weighted by molar-refractivity contribution is 7.09. The molecule has 0 fully saturated rings. The molecule has 4 nitrogen and oxygen atoms in total. The predicted octanol–water partition coefficient (Wildman–Crippen LogP) is 3.57. The molecule has 2 aromatic heterocycles. The van der Waals surface area contributed by atoms with E-state index in [9.17, 15) is 0 Å².